The highest BCUT2D eigenvalue weighted by Crippen LogP contribution is 2.11. The van der Waals surface area contributed by atoms with Gasteiger partial charge in [0.1, 0.15) is 0 Å². The Morgan fingerprint density at radius 1 is 1.33 bits per heavy atom. The lowest BCUT2D eigenvalue weighted by molar-refractivity contribution is 0.929. The quantitative estimate of drug-likeness (QED) is 0.533. The molecular formula is C12H20. The van der Waals surface area contributed by atoms with Crippen LogP contribution in [0.3, 0.4) is 0 Å². The van der Waals surface area contributed by atoms with E-state index in [1.807, 2.05) is 6.08 Å². The van der Waals surface area contributed by atoms with Crippen LogP contribution < -0.4 is 0 Å². The molecule has 0 fully saturated rings. The molecule has 0 heteroatoms. The van der Waals surface area contributed by atoms with Gasteiger partial charge < -0.3 is 0 Å². The molecule has 0 aromatic heterocycles. The fourth-order valence-corrected chi connectivity index (χ4v) is 1.10. The third-order valence-corrected chi connectivity index (χ3v) is 1.83. The van der Waals surface area contributed by atoms with Gasteiger partial charge in [-0.25, -0.2) is 0 Å². The molecule has 12 heavy (non-hydrogen) atoms. The van der Waals surface area contributed by atoms with Gasteiger partial charge >= 0.3 is 0 Å². The maximum Gasteiger partial charge on any atom is -0.0142 e. The van der Waals surface area contributed by atoms with Crippen LogP contribution in [-0.4, -0.2) is 0 Å². The fourth-order valence-electron chi connectivity index (χ4n) is 1.10. The van der Waals surface area contributed by atoms with Crippen LogP contribution in [0.1, 0.15) is 40.0 Å². The van der Waals surface area contributed by atoms with E-state index in [0.29, 0.717) is 0 Å². The van der Waals surface area contributed by atoms with Crippen LogP contribution in [0.25, 0.3) is 0 Å². The van der Waals surface area contributed by atoms with Crippen molar-refractivity contribution in [3.63, 3.8) is 0 Å². The van der Waals surface area contributed by atoms with Gasteiger partial charge in [0.2, 0.25) is 0 Å². The van der Waals surface area contributed by atoms with E-state index in [0.717, 1.165) is 12.8 Å². The zero-order valence-electron chi connectivity index (χ0n) is 8.56. The van der Waals surface area contributed by atoms with E-state index in [-0.39, 0.29) is 0 Å². The zero-order chi connectivity index (χ0) is 9.40. The van der Waals surface area contributed by atoms with Gasteiger partial charge in [0.05, 0.1) is 0 Å². The van der Waals surface area contributed by atoms with Crippen molar-refractivity contribution in [1.82, 2.24) is 0 Å². The number of allylic oxidation sites excluding steroid dienone is 5. The van der Waals surface area contributed by atoms with Crippen molar-refractivity contribution >= 4 is 0 Å². The van der Waals surface area contributed by atoms with E-state index >= 15 is 0 Å². The zero-order valence-corrected chi connectivity index (χ0v) is 8.56. The van der Waals surface area contributed by atoms with Crippen molar-refractivity contribution in [2.45, 2.75) is 40.0 Å². The van der Waals surface area contributed by atoms with Gasteiger partial charge in [-0.3, -0.25) is 0 Å². The van der Waals surface area contributed by atoms with Gasteiger partial charge in [-0.2, -0.15) is 0 Å². The maximum absolute atomic E-state index is 3.74. The minimum Gasteiger partial charge on any atom is -0.103 e. The molecule has 0 heterocycles. The summed E-state index contributed by atoms with van der Waals surface area (Å²) in [5, 5.41) is 0. The Morgan fingerprint density at radius 2 is 2.00 bits per heavy atom. The topological polar surface area (TPSA) is 0 Å². The summed E-state index contributed by atoms with van der Waals surface area (Å²) in [7, 11) is 0. The molecule has 0 atom stereocenters. The van der Waals surface area contributed by atoms with Gasteiger partial charge in [-0.05, 0) is 40.0 Å². The van der Waals surface area contributed by atoms with Gasteiger partial charge in [0.25, 0.3) is 0 Å². The van der Waals surface area contributed by atoms with Crippen LogP contribution in [0.15, 0.2) is 36.0 Å². The summed E-state index contributed by atoms with van der Waals surface area (Å²) in [4.78, 5) is 0. The van der Waals surface area contributed by atoms with E-state index < -0.39 is 0 Å². The lowest BCUT2D eigenvalue weighted by Gasteiger charge is -2.00. The predicted octanol–water partition coefficient (Wildman–Crippen LogP) is 4.26. The van der Waals surface area contributed by atoms with Crippen molar-refractivity contribution in [3.05, 3.63) is 36.0 Å². The Labute approximate surface area is 76.7 Å². The predicted molar refractivity (Wildman–Crippen MR) is 57.2 cm³/mol. The second kappa shape index (κ2) is 6.90. The largest absolute Gasteiger partial charge is 0.103 e. The molecule has 0 bridgehead atoms. The molecule has 0 saturated carbocycles. The van der Waals surface area contributed by atoms with Gasteiger partial charge in [-0.1, -0.05) is 29.4 Å². The van der Waals surface area contributed by atoms with E-state index in [1.165, 1.54) is 17.6 Å². The maximum atomic E-state index is 3.74. The molecule has 0 aliphatic heterocycles. The number of rotatable bonds is 5. The summed E-state index contributed by atoms with van der Waals surface area (Å²) in [6, 6.07) is 0. The van der Waals surface area contributed by atoms with Gasteiger partial charge in [-0.15, -0.1) is 6.58 Å². The molecule has 0 nitrogen and oxygen atoms in total. The Morgan fingerprint density at radius 3 is 2.42 bits per heavy atom. The molecule has 0 saturated heterocycles. The standard InChI is InChI=1S/C12H20/c1-5-8-12(6-2)10-7-9-11(3)4/h5-6,9H,1,7-8,10H2,2-4H3/b12-6+. The molecule has 0 aromatic carbocycles. The fraction of sp³-hybridized carbons (Fsp3) is 0.500. The molecule has 0 spiro atoms. The Hall–Kier alpha value is -0.780. The van der Waals surface area contributed by atoms with Crippen LogP contribution in [0.4, 0.5) is 0 Å². The smallest absolute Gasteiger partial charge is 0.0142 e. The lowest BCUT2D eigenvalue weighted by atomic mass is 10.1. The molecule has 0 aliphatic carbocycles. The van der Waals surface area contributed by atoms with Crippen LogP contribution in [0.5, 0.6) is 0 Å². The summed E-state index contributed by atoms with van der Waals surface area (Å²) in [5.74, 6) is 0. The van der Waals surface area contributed by atoms with Crippen molar-refractivity contribution < 1.29 is 0 Å². The molecule has 68 valence electrons. The highest BCUT2D eigenvalue weighted by molar-refractivity contribution is 5.07. The molecule has 0 aliphatic rings. The first kappa shape index (κ1) is 11.2. The van der Waals surface area contributed by atoms with Crippen molar-refractivity contribution in [1.29, 1.82) is 0 Å². The normalized spacial score (nSPS) is 11.1. The van der Waals surface area contributed by atoms with E-state index in [2.05, 4.69) is 39.5 Å². The SMILES string of the molecule is C=CC/C(=C\C)CCC=C(C)C. The summed E-state index contributed by atoms with van der Waals surface area (Å²) in [6.45, 7) is 10.1. The van der Waals surface area contributed by atoms with Crippen LogP contribution in [0, 0.1) is 0 Å². The lowest BCUT2D eigenvalue weighted by Crippen LogP contribution is -1.80. The Kier molecular flexibility index (Phi) is 6.45. The van der Waals surface area contributed by atoms with Crippen molar-refractivity contribution in [2.24, 2.45) is 0 Å². The third-order valence-electron chi connectivity index (χ3n) is 1.83. The molecule has 0 unspecified atom stereocenters. The second-order valence-electron chi connectivity index (χ2n) is 3.26. The minimum atomic E-state index is 1.03. The highest BCUT2D eigenvalue weighted by Gasteiger charge is 1.91. The van der Waals surface area contributed by atoms with Gasteiger partial charge in [0, 0.05) is 0 Å². The van der Waals surface area contributed by atoms with E-state index in [9.17, 15) is 0 Å². The van der Waals surface area contributed by atoms with E-state index in [1.54, 1.807) is 0 Å². The average Bonchev–Trinajstić information content (AvgIpc) is 2.02. The average molecular weight is 164 g/mol. The number of hydrogen-bond acceptors (Lipinski definition) is 0. The molecule has 0 rings (SSSR count). The summed E-state index contributed by atoms with van der Waals surface area (Å²) < 4.78 is 0. The first-order valence-electron chi connectivity index (χ1n) is 4.59. The molecule has 0 aromatic rings. The molecule has 0 radical (unpaired) electrons. The first-order valence-corrected chi connectivity index (χ1v) is 4.59. The van der Waals surface area contributed by atoms with E-state index in [4.69, 9.17) is 0 Å². The molecular weight excluding hydrogens is 144 g/mol. The monoisotopic (exact) mass is 164 g/mol. The Balaban J connectivity index is 3.74. The highest BCUT2D eigenvalue weighted by atomic mass is 14.0. The minimum absolute atomic E-state index is 1.03. The van der Waals surface area contributed by atoms with Crippen LogP contribution in [-0.2, 0) is 0 Å². The van der Waals surface area contributed by atoms with Crippen LogP contribution in [0.2, 0.25) is 0 Å². The Bertz CT molecular complexity index is 178. The van der Waals surface area contributed by atoms with Crippen molar-refractivity contribution in [2.75, 3.05) is 0 Å². The summed E-state index contributed by atoms with van der Waals surface area (Å²) in [5.41, 5.74) is 2.89. The second-order valence-corrected chi connectivity index (χ2v) is 3.26. The van der Waals surface area contributed by atoms with Crippen molar-refractivity contribution in [3.8, 4) is 0 Å². The first-order chi connectivity index (χ1) is 5.70. The van der Waals surface area contributed by atoms with Crippen LogP contribution >= 0.6 is 0 Å². The number of hydrogen-bond donors (Lipinski definition) is 0. The summed E-state index contributed by atoms with van der Waals surface area (Å²) >= 11 is 0. The molecule has 0 amide bonds. The van der Waals surface area contributed by atoms with Gasteiger partial charge in [0.15, 0.2) is 0 Å². The summed E-state index contributed by atoms with van der Waals surface area (Å²) in [6.07, 6.45) is 9.82. The third kappa shape index (κ3) is 5.96. The molecule has 0 N–H and O–H groups in total.